The van der Waals surface area contributed by atoms with Crippen LogP contribution in [0.3, 0.4) is 0 Å². The molecule has 5 rings (SSSR count). The van der Waals surface area contributed by atoms with Crippen molar-refractivity contribution in [2.75, 3.05) is 0 Å². The van der Waals surface area contributed by atoms with Crippen LogP contribution in [0.5, 0.6) is 11.5 Å². The lowest BCUT2D eigenvalue weighted by Crippen LogP contribution is -1.95. The molecule has 0 bridgehead atoms. The van der Waals surface area contributed by atoms with Crippen LogP contribution in [-0.4, -0.2) is 15.2 Å². The average Bonchev–Trinajstić information content (AvgIpc) is 3.05. The number of hydrogen-bond acceptors (Lipinski definition) is 3. The van der Waals surface area contributed by atoms with Gasteiger partial charge in [-0.25, -0.2) is 4.98 Å². The normalized spacial score (nSPS) is 11.9. The van der Waals surface area contributed by atoms with E-state index in [1.807, 2.05) is 54.6 Å². The third kappa shape index (κ3) is 2.63. The van der Waals surface area contributed by atoms with Gasteiger partial charge >= 0.3 is 0 Å². The lowest BCUT2D eigenvalue weighted by molar-refractivity contribution is 0.474. The second kappa shape index (κ2) is 6.39. The largest absolute Gasteiger partial charge is 0.508 e. The Hall–Kier alpha value is -3.30. The predicted molar refractivity (Wildman–Crippen MR) is 112 cm³/mol. The lowest BCUT2D eigenvalue weighted by Gasteiger charge is -2.14. The molecule has 136 valence electrons. The molecule has 3 aromatic carbocycles. The van der Waals surface area contributed by atoms with E-state index in [0.717, 1.165) is 44.8 Å². The molecule has 0 spiro atoms. The SMILES string of the molecule is Oc1ccc2c(c1)Cc1c(-c3ccccc3O)cc(-c3ccccc3Cl)nc1-2. The fourth-order valence-electron chi connectivity index (χ4n) is 3.87. The second-order valence-corrected chi connectivity index (χ2v) is 7.30. The molecular formula is C24H16ClNO2. The highest BCUT2D eigenvalue weighted by molar-refractivity contribution is 6.33. The number of para-hydroxylation sites is 1. The highest BCUT2D eigenvalue weighted by Gasteiger charge is 2.26. The molecule has 4 heteroatoms. The summed E-state index contributed by atoms with van der Waals surface area (Å²) in [6.07, 6.45) is 0.651. The van der Waals surface area contributed by atoms with Gasteiger partial charge in [0.05, 0.1) is 11.4 Å². The number of nitrogens with zero attached hydrogens (tertiary/aromatic N) is 1. The molecule has 0 radical (unpaired) electrons. The van der Waals surface area contributed by atoms with Gasteiger partial charge in [-0.2, -0.15) is 0 Å². The highest BCUT2D eigenvalue weighted by atomic mass is 35.5. The Morgan fingerprint density at radius 1 is 0.750 bits per heavy atom. The monoisotopic (exact) mass is 385 g/mol. The number of phenols is 2. The first kappa shape index (κ1) is 16.8. The van der Waals surface area contributed by atoms with E-state index in [2.05, 4.69) is 0 Å². The van der Waals surface area contributed by atoms with Crippen LogP contribution in [0.2, 0.25) is 5.02 Å². The van der Waals surface area contributed by atoms with Gasteiger partial charge in [0, 0.05) is 28.1 Å². The molecule has 0 atom stereocenters. The van der Waals surface area contributed by atoms with E-state index in [0.29, 0.717) is 11.4 Å². The number of benzene rings is 3. The number of phenolic OH excluding ortho intramolecular Hbond substituents is 2. The Balaban J connectivity index is 1.82. The van der Waals surface area contributed by atoms with E-state index >= 15 is 0 Å². The maximum Gasteiger partial charge on any atom is 0.123 e. The number of aromatic nitrogens is 1. The molecule has 0 unspecified atom stereocenters. The topological polar surface area (TPSA) is 53.4 Å². The Kier molecular flexibility index (Phi) is 3.85. The Bertz CT molecular complexity index is 1230. The first-order valence-corrected chi connectivity index (χ1v) is 9.39. The Morgan fingerprint density at radius 3 is 2.29 bits per heavy atom. The van der Waals surface area contributed by atoms with Crippen LogP contribution < -0.4 is 0 Å². The van der Waals surface area contributed by atoms with Gasteiger partial charge in [0.2, 0.25) is 0 Å². The summed E-state index contributed by atoms with van der Waals surface area (Å²) >= 11 is 6.44. The number of pyridine rings is 1. The summed E-state index contributed by atoms with van der Waals surface area (Å²) < 4.78 is 0. The average molecular weight is 386 g/mol. The van der Waals surface area contributed by atoms with Crippen molar-refractivity contribution in [2.45, 2.75) is 6.42 Å². The van der Waals surface area contributed by atoms with Gasteiger partial charge in [-0.1, -0.05) is 48.0 Å². The molecule has 3 nitrogen and oxygen atoms in total. The van der Waals surface area contributed by atoms with Crippen LogP contribution >= 0.6 is 11.6 Å². The third-order valence-electron chi connectivity index (χ3n) is 5.18. The van der Waals surface area contributed by atoms with Crippen molar-refractivity contribution in [3.05, 3.63) is 88.9 Å². The molecule has 1 aliphatic rings. The van der Waals surface area contributed by atoms with Gasteiger partial charge in [0.1, 0.15) is 11.5 Å². The minimum Gasteiger partial charge on any atom is -0.508 e. The van der Waals surface area contributed by atoms with Crippen LogP contribution in [0.1, 0.15) is 11.1 Å². The van der Waals surface area contributed by atoms with Crippen LogP contribution in [0.15, 0.2) is 72.8 Å². The molecule has 1 heterocycles. The smallest absolute Gasteiger partial charge is 0.123 e. The van der Waals surface area contributed by atoms with Gasteiger partial charge in [-0.15, -0.1) is 0 Å². The van der Waals surface area contributed by atoms with Gasteiger partial charge in [0.15, 0.2) is 0 Å². The van der Waals surface area contributed by atoms with Crippen molar-refractivity contribution in [2.24, 2.45) is 0 Å². The zero-order chi connectivity index (χ0) is 19.3. The summed E-state index contributed by atoms with van der Waals surface area (Å²) in [5.41, 5.74) is 7.21. The van der Waals surface area contributed by atoms with Crippen molar-refractivity contribution in [1.29, 1.82) is 0 Å². The molecule has 28 heavy (non-hydrogen) atoms. The van der Waals surface area contributed by atoms with E-state index in [4.69, 9.17) is 16.6 Å². The zero-order valence-electron chi connectivity index (χ0n) is 14.9. The van der Waals surface area contributed by atoms with E-state index in [1.165, 1.54) is 0 Å². The summed E-state index contributed by atoms with van der Waals surface area (Å²) in [6, 6.07) is 22.3. The van der Waals surface area contributed by atoms with Crippen molar-refractivity contribution < 1.29 is 10.2 Å². The van der Waals surface area contributed by atoms with Crippen LogP contribution in [-0.2, 0) is 6.42 Å². The molecule has 1 aromatic heterocycles. The lowest BCUT2D eigenvalue weighted by atomic mass is 9.95. The number of hydrogen-bond donors (Lipinski definition) is 2. The number of halogens is 1. The maximum absolute atomic E-state index is 10.5. The van der Waals surface area contributed by atoms with E-state index in [-0.39, 0.29) is 11.5 Å². The quantitative estimate of drug-likeness (QED) is 0.389. The van der Waals surface area contributed by atoms with Gasteiger partial charge < -0.3 is 10.2 Å². The molecule has 0 fully saturated rings. The molecule has 1 aliphatic carbocycles. The molecule has 0 aliphatic heterocycles. The van der Waals surface area contributed by atoms with Gasteiger partial charge in [-0.05, 0) is 53.1 Å². The van der Waals surface area contributed by atoms with Crippen LogP contribution in [0.4, 0.5) is 0 Å². The molecule has 0 amide bonds. The minimum absolute atomic E-state index is 0.222. The highest BCUT2D eigenvalue weighted by Crippen LogP contribution is 2.45. The van der Waals surface area contributed by atoms with Crippen molar-refractivity contribution >= 4 is 11.6 Å². The Labute approximate surface area is 167 Å². The van der Waals surface area contributed by atoms with Crippen molar-refractivity contribution in [3.63, 3.8) is 0 Å². The summed E-state index contributed by atoms with van der Waals surface area (Å²) in [4.78, 5) is 4.92. The molecule has 2 N–H and O–H groups in total. The fraction of sp³-hybridized carbons (Fsp3) is 0.0417. The standard InChI is InChI=1S/C24H16ClNO2/c25-21-7-3-1-6-18(21)22-13-19(17-5-2-4-8-23(17)28)20-12-14-11-15(27)9-10-16(14)24(20)26-22/h1-11,13,27-28H,12H2. The molecule has 0 saturated heterocycles. The summed E-state index contributed by atoms with van der Waals surface area (Å²) in [5, 5.41) is 21.0. The van der Waals surface area contributed by atoms with Crippen molar-refractivity contribution in [3.8, 4) is 45.1 Å². The molecule has 4 aromatic rings. The van der Waals surface area contributed by atoms with E-state index in [1.54, 1.807) is 18.2 Å². The molecule has 0 saturated carbocycles. The summed E-state index contributed by atoms with van der Waals surface area (Å²) in [5.74, 6) is 0.460. The van der Waals surface area contributed by atoms with E-state index < -0.39 is 0 Å². The minimum atomic E-state index is 0.222. The maximum atomic E-state index is 10.5. The summed E-state index contributed by atoms with van der Waals surface area (Å²) in [6.45, 7) is 0. The second-order valence-electron chi connectivity index (χ2n) is 6.90. The fourth-order valence-corrected chi connectivity index (χ4v) is 4.10. The number of fused-ring (bicyclic) bond motifs is 3. The summed E-state index contributed by atoms with van der Waals surface area (Å²) in [7, 11) is 0. The molecular weight excluding hydrogens is 370 g/mol. The first-order chi connectivity index (χ1) is 13.6. The van der Waals surface area contributed by atoms with Gasteiger partial charge in [-0.3, -0.25) is 0 Å². The Morgan fingerprint density at radius 2 is 1.50 bits per heavy atom. The zero-order valence-corrected chi connectivity index (χ0v) is 15.6. The van der Waals surface area contributed by atoms with Gasteiger partial charge in [0.25, 0.3) is 0 Å². The third-order valence-corrected chi connectivity index (χ3v) is 5.51. The van der Waals surface area contributed by atoms with Crippen LogP contribution in [0, 0.1) is 0 Å². The van der Waals surface area contributed by atoms with Crippen molar-refractivity contribution in [1.82, 2.24) is 4.98 Å². The first-order valence-electron chi connectivity index (χ1n) is 9.01. The van der Waals surface area contributed by atoms with Crippen LogP contribution in [0.25, 0.3) is 33.6 Å². The number of rotatable bonds is 2. The number of aromatic hydroxyl groups is 2. The predicted octanol–water partition coefficient (Wildman–Crippen LogP) is 6.05. The van der Waals surface area contributed by atoms with E-state index in [9.17, 15) is 10.2 Å².